The van der Waals surface area contributed by atoms with Gasteiger partial charge in [0.1, 0.15) is 5.75 Å². The number of rotatable bonds is 6. The minimum atomic E-state index is -0.300. The van der Waals surface area contributed by atoms with Gasteiger partial charge in [-0.15, -0.1) is 10.2 Å². The van der Waals surface area contributed by atoms with Gasteiger partial charge in [0.05, 0.1) is 19.3 Å². The number of carbonyl (C=O) groups excluding carboxylic acids is 1. The fourth-order valence-electron chi connectivity index (χ4n) is 2.13. The molecule has 2 aromatic heterocycles. The number of hydrogen-bond acceptors (Lipinski definition) is 6. The first-order valence-corrected chi connectivity index (χ1v) is 7.67. The van der Waals surface area contributed by atoms with Crippen LogP contribution >= 0.6 is 0 Å². The highest BCUT2D eigenvalue weighted by Crippen LogP contribution is 2.19. The zero-order chi connectivity index (χ0) is 17.5. The molecule has 0 saturated carbocycles. The van der Waals surface area contributed by atoms with E-state index >= 15 is 0 Å². The lowest BCUT2D eigenvalue weighted by molar-refractivity contribution is 0.0944. The van der Waals surface area contributed by atoms with Gasteiger partial charge in [-0.3, -0.25) is 9.78 Å². The summed E-state index contributed by atoms with van der Waals surface area (Å²) in [6, 6.07) is 16.3. The molecule has 0 aliphatic rings. The largest absolute Gasteiger partial charge is 0.497 e. The minimum absolute atomic E-state index is 0.243. The number of anilines is 2. The number of carbonyl (C=O) groups is 1. The van der Waals surface area contributed by atoms with Gasteiger partial charge in [0.2, 0.25) is 0 Å². The van der Waals surface area contributed by atoms with Crippen molar-refractivity contribution in [3.63, 3.8) is 0 Å². The first-order valence-electron chi connectivity index (χ1n) is 7.67. The maximum Gasteiger partial charge on any atom is 0.272 e. The maximum absolute atomic E-state index is 12.1. The van der Waals surface area contributed by atoms with Crippen molar-refractivity contribution in [3.8, 4) is 5.75 Å². The van der Waals surface area contributed by atoms with Crippen LogP contribution < -0.4 is 15.4 Å². The van der Waals surface area contributed by atoms with Crippen LogP contribution in [-0.2, 0) is 6.54 Å². The Bertz CT molecular complexity index is 838. The van der Waals surface area contributed by atoms with Crippen molar-refractivity contribution in [2.75, 3.05) is 12.4 Å². The number of nitrogens with one attached hydrogen (secondary N) is 2. The second kappa shape index (κ2) is 7.87. The second-order valence-corrected chi connectivity index (χ2v) is 5.16. The van der Waals surface area contributed by atoms with E-state index in [4.69, 9.17) is 4.74 Å². The Morgan fingerprint density at radius 3 is 2.72 bits per heavy atom. The van der Waals surface area contributed by atoms with Gasteiger partial charge in [0.25, 0.3) is 5.91 Å². The van der Waals surface area contributed by atoms with Crippen LogP contribution in [0.2, 0.25) is 0 Å². The number of pyridine rings is 1. The average Bonchev–Trinajstić information content (AvgIpc) is 2.67. The molecule has 7 nitrogen and oxygen atoms in total. The number of methoxy groups -OCH3 is 1. The number of benzene rings is 1. The second-order valence-electron chi connectivity index (χ2n) is 5.16. The predicted molar refractivity (Wildman–Crippen MR) is 93.7 cm³/mol. The lowest BCUT2D eigenvalue weighted by Crippen LogP contribution is -2.24. The summed E-state index contributed by atoms with van der Waals surface area (Å²) in [6.07, 6.45) is 1.68. The highest BCUT2D eigenvalue weighted by molar-refractivity contribution is 5.92. The summed E-state index contributed by atoms with van der Waals surface area (Å²) < 4.78 is 5.17. The number of amides is 1. The first-order chi connectivity index (χ1) is 12.2. The molecule has 1 aromatic carbocycles. The summed E-state index contributed by atoms with van der Waals surface area (Å²) in [5.41, 5.74) is 1.84. The van der Waals surface area contributed by atoms with Crippen molar-refractivity contribution in [1.82, 2.24) is 20.5 Å². The van der Waals surface area contributed by atoms with Gasteiger partial charge in [-0.1, -0.05) is 12.1 Å². The van der Waals surface area contributed by atoms with Crippen LogP contribution in [0.1, 0.15) is 16.2 Å². The summed E-state index contributed by atoms with van der Waals surface area (Å²) in [5.74, 6) is 0.976. The monoisotopic (exact) mass is 335 g/mol. The molecule has 126 valence electrons. The average molecular weight is 335 g/mol. The van der Waals surface area contributed by atoms with Crippen molar-refractivity contribution >= 4 is 17.4 Å². The third kappa shape index (κ3) is 4.51. The van der Waals surface area contributed by atoms with Gasteiger partial charge in [-0.05, 0) is 36.4 Å². The van der Waals surface area contributed by atoms with Gasteiger partial charge in [0, 0.05) is 18.0 Å². The molecule has 0 radical (unpaired) electrons. The minimum Gasteiger partial charge on any atom is -0.497 e. The van der Waals surface area contributed by atoms with Crippen LogP contribution in [0.3, 0.4) is 0 Å². The van der Waals surface area contributed by atoms with E-state index in [1.54, 1.807) is 25.4 Å². The number of ether oxygens (including phenoxy) is 1. The van der Waals surface area contributed by atoms with Crippen molar-refractivity contribution in [2.45, 2.75) is 6.54 Å². The summed E-state index contributed by atoms with van der Waals surface area (Å²) in [6.45, 7) is 0.338. The Balaban J connectivity index is 1.60. The van der Waals surface area contributed by atoms with E-state index in [2.05, 4.69) is 25.8 Å². The molecular weight excluding hydrogens is 318 g/mol. The lowest BCUT2D eigenvalue weighted by atomic mass is 10.3. The van der Waals surface area contributed by atoms with Crippen LogP contribution in [0.5, 0.6) is 5.75 Å². The highest BCUT2D eigenvalue weighted by Gasteiger charge is 2.08. The zero-order valence-electron chi connectivity index (χ0n) is 13.6. The normalized spacial score (nSPS) is 10.1. The van der Waals surface area contributed by atoms with Crippen molar-refractivity contribution < 1.29 is 9.53 Å². The molecule has 7 heteroatoms. The van der Waals surface area contributed by atoms with Crippen molar-refractivity contribution in [3.05, 3.63) is 72.2 Å². The van der Waals surface area contributed by atoms with E-state index in [1.807, 2.05) is 42.5 Å². The molecule has 0 spiro atoms. The highest BCUT2D eigenvalue weighted by atomic mass is 16.5. The molecule has 3 aromatic rings. The van der Waals surface area contributed by atoms with Gasteiger partial charge in [0.15, 0.2) is 11.5 Å². The molecular formula is C18H17N5O2. The molecule has 2 heterocycles. The number of nitrogens with zero attached hydrogens (tertiary/aromatic N) is 3. The van der Waals surface area contributed by atoms with E-state index < -0.39 is 0 Å². The Morgan fingerprint density at radius 1 is 1.08 bits per heavy atom. The van der Waals surface area contributed by atoms with Crippen LogP contribution in [0, 0.1) is 0 Å². The number of aromatic nitrogens is 3. The molecule has 0 bridgehead atoms. The Kier molecular flexibility index (Phi) is 5.16. The molecule has 0 fully saturated rings. The van der Waals surface area contributed by atoms with Gasteiger partial charge in [-0.25, -0.2) is 0 Å². The molecule has 2 N–H and O–H groups in total. The Morgan fingerprint density at radius 2 is 2.00 bits per heavy atom. The summed E-state index contributed by atoms with van der Waals surface area (Å²) >= 11 is 0. The molecule has 0 atom stereocenters. The van der Waals surface area contributed by atoms with E-state index in [0.717, 1.165) is 17.1 Å². The van der Waals surface area contributed by atoms with E-state index in [9.17, 15) is 4.79 Å². The molecule has 0 aliphatic heterocycles. The van der Waals surface area contributed by atoms with E-state index in [0.29, 0.717) is 12.4 Å². The van der Waals surface area contributed by atoms with Crippen LogP contribution in [0.15, 0.2) is 60.8 Å². The zero-order valence-corrected chi connectivity index (χ0v) is 13.6. The lowest BCUT2D eigenvalue weighted by Gasteiger charge is -2.07. The molecule has 0 aliphatic carbocycles. The van der Waals surface area contributed by atoms with Crippen molar-refractivity contribution in [1.29, 1.82) is 0 Å². The maximum atomic E-state index is 12.1. The van der Waals surface area contributed by atoms with E-state index in [1.165, 1.54) is 0 Å². The standard InChI is InChI=1S/C18H17N5O2/c1-25-15-7-4-6-13(11-15)21-17-9-8-16(22-23-17)18(24)20-12-14-5-2-3-10-19-14/h2-11H,12H2,1H3,(H,20,24)(H,21,23). The molecule has 0 unspecified atom stereocenters. The first kappa shape index (κ1) is 16.4. The molecule has 0 saturated heterocycles. The Hall–Kier alpha value is -3.48. The third-order valence-corrected chi connectivity index (χ3v) is 3.40. The third-order valence-electron chi connectivity index (χ3n) is 3.40. The van der Waals surface area contributed by atoms with Crippen LogP contribution in [0.4, 0.5) is 11.5 Å². The smallest absolute Gasteiger partial charge is 0.272 e. The number of hydrogen-bond donors (Lipinski definition) is 2. The quantitative estimate of drug-likeness (QED) is 0.720. The summed E-state index contributed by atoms with van der Waals surface area (Å²) in [5, 5.41) is 13.8. The van der Waals surface area contributed by atoms with Gasteiger partial charge < -0.3 is 15.4 Å². The Labute approximate surface area is 145 Å². The van der Waals surface area contributed by atoms with Crippen LogP contribution in [-0.4, -0.2) is 28.2 Å². The predicted octanol–water partition coefficient (Wildman–Crippen LogP) is 2.55. The molecule has 1 amide bonds. The fraction of sp³-hybridized carbons (Fsp3) is 0.111. The van der Waals surface area contributed by atoms with Crippen molar-refractivity contribution in [2.24, 2.45) is 0 Å². The van der Waals surface area contributed by atoms with Gasteiger partial charge in [-0.2, -0.15) is 0 Å². The van der Waals surface area contributed by atoms with Gasteiger partial charge >= 0.3 is 0 Å². The van der Waals surface area contributed by atoms with E-state index in [-0.39, 0.29) is 11.6 Å². The fourth-order valence-corrected chi connectivity index (χ4v) is 2.13. The summed E-state index contributed by atoms with van der Waals surface area (Å²) in [7, 11) is 1.61. The molecule has 3 rings (SSSR count). The molecule has 25 heavy (non-hydrogen) atoms. The summed E-state index contributed by atoms with van der Waals surface area (Å²) in [4.78, 5) is 16.2. The van der Waals surface area contributed by atoms with Crippen LogP contribution in [0.25, 0.3) is 0 Å². The SMILES string of the molecule is COc1cccc(Nc2ccc(C(=O)NCc3ccccn3)nn2)c1. The topological polar surface area (TPSA) is 89.0 Å².